The molecule has 2 aliphatic rings. The Hall–Kier alpha value is -3.18. The Morgan fingerprint density at radius 2 is 1.83 bits per heavy atom. The monoisotopic (exact) mass is 414 g/mol. The van der Waals surface area contributed by atoms with Crippen molar-refractivity contribution in [2.75, 3.05) is 10.2 Å². The predicted octanol–water partition coefficient (Wildman–Crippen LogP) is 5.88. The number of amides is 1. The third-order valence-electron chi connectivity index (χ3n) is 5.77. The zero-order chi connectivity index (χ0) is 20.7. The number of hydrogen-bond donors (Lipinski definition) is 1. The molecule has 1 aliphatic carbocycles. The third-order valence-corrected chi connectivity index (χ3v) is 6.69. The second-order valence-electron chi connectivity index (χ2n) is 7.77. The van der Waals surface area contributed by atoms with E-state index in [0.717, 1.165) is 45.9 Å². The van der Waals surface area contributed by atoms with Gasteiger partial charge in [0, 0.05) is 28.1 Å². The maximum absolute atomic E-state index is 13.9. The molecule has 3 aromatic rings. The molecule has 0 spiro atoms. The molecule has 30 heavy (non-hydrogen) atoms. The highest BCUT2D eigenvalue weighted by atomic mass is 32.1. The molecule has 5 heteroatoms. The van der Waals surface area contributed by atoms with Crippen molar-refractivity contribution in [3.8, 4) is 0 Å². The Kier molecular flexibility index (Phi) is 4.75. The van der Waals surface area contributed by atoms with Gasteiger partial charge in [-0.2, -0.15) is 0 Å². The number of carbonyl (C=O) groups is 2. The number of aryl methyl sites for hydroxylation is 1. The molecule has 1 aromatic heterocycles. The first kappa shape index (κ1) is 18.8. The average Bonchev–Trinajstić information content (AvgIpc) is 3.23. The molecule has 1 unspecified atom stereocenters. The van der Waals surface area contributed by atoms with E-state index in [9.17, 15) is 9.59 Å². The van der Waals surface area contributed by atoms with Crippen LogP contribution in [0.25, 0.3) is 0 Å². The van der Waals surface area contributed by atoms with Crippen molar-refractivity contribution in [2.45, 2.75) is 32.2 Å². The van der Waals surface area contributed by atoms with Crippen LogP contribution in [0.3, 0.4) is 0 Å². The van der Waals surface area contributed by atoms with Crippen molar-refractivity contribution in [3.05, 3.63) is 93.3 Å². The number of Topliss-reactive ketones (excluding diaryl/α,β-unsaturated/α-hetero) is 1. The average molecular weight is 415 g/mol. The second kappa shape index (κ2) is 7.58. The Balaban J connectivity index is 1.76. The number of anilines is 2. The lowest BCUT2D eigenvalue weighted by Crippen LogP contribution is -2.37. The lowest BCUT2D eigenvalue weighted by atomic mass is 9.88. The summed E-state index contributed by atoms with van der Waals surface area (Å²) < 4.78 is 0. The van der Waals surface area contributed by atoms with Gasteiger partial charge in [-0.3, -0.25) is 14.5 Å². The van der Waals surface area contributed by atoms with E-state index in [1.165, 1.54) is 0 Å². The van der Waals surface area contributed by atoms with Crippen molar-refractivity contribution in [2.24, 2.45) is 0 Å². The minimum atomic E-state index is -0.433. The number of thiophene rings is 1. The van der Waals surface area contributed by atoms with Crippen molar-refractivity contribution in [1.82, 2.24) is 0 Å². The molecule has 0 saturated heterocycles. The normalized spacial score (nSPS) is 18.4. The number of hydrogen-bond acceptors (Lipinski definition) is 4. The van der Waals surface area contributed by atoms with Gasteiger partial charge >= 0.3 is 0 Å². The Labute approximate surface area is 179 Å². The van der Waals surface area contributed by atoms with E-state index in [2.05, 4.69) is 5.32 Å². The zero-order valence-electron chi connectivity index (χ0n) is 16.7. The number of rotatable bonds is 2. The van der Waals surface area contributed by atoms with Gasteiger partial charge in [-0.05, 0) is 55.5 Å². The molecule has 4 nitrogen and oxygen atoms in total. The number of nitrogens with one attached hydrogen (secondary N) is 1. The summed E-state index contributed by atoms with van der Waals surface area (Å²) in [6.45, 7) is 2.01. The van der Waals surface area contributed by atoms with E-state index in [-0.39, 0.29) is 11.7 Å². The second-order valence-corrected chi connectivity index (χ2v) is 8.75. The topological polar surface area (TPSA) is 49.4 Å². The van der Waals surface area contributed by atoms with E-state index in [0.29, 0.717) is 12.0 Å². The Morgan fingerprint density at radius 3 is 2.60 bits per heavy atom. The van der Waals surface area contributed by atoms with Crippen LogP contribution in [0.4, 0.5) is 11.4 Å². The summed E-state index contributed by atoms with van der Waals surface area (Å²) in [6, 6.07) is 19.0. The smallest absolute Gasteiger partial charge is 0.259 e. The van der Waals surface area contributed by atoms with Crippen LogP contribution in [0.2, 0.25) is 0 Å². The molecule has 1 aliphatic heterocycles. The van der Waals surface area contributed by atoms with E-state index in [1.54, 1.807) is 11.3 Å². The maximum atomic E-state index is 13.9. The summed E-state index contributed by atoms with van der Waals surface area (Å²) in [5, 5.41) is 5.50. The minimum Gasteiger partial charge on any atom is -0.357 e. The summed E-state index contributed by atoms with van der Waals surface area (Å²) in [6.07, 6.45) is 2.16. The lowest BCUT2D eigenvalue weighted by Gasteiger charge is -2.33. The van der Waals surface area contributed by atoms with E-state index >= 15 is 0 Å². The van der Waals surface area contributed by atoms with Gasteiger partial charge in [0.1, 0.15) is 6.04 Å². The fourth-order valence-electron chi connectivity index (χ4n) is 4.31. The van der Waals surface area contributed by atoms with Crippen LogP contribution in [0, 0.1) is 6.92 Å². The highest BCUT2D eigenvalue weighted by Crippen LogP contribution is 2.46. The molecule has 150 valence electrons. The molecule has 2 aromatic carbocycles. The molecule has 1 amide bonds. The van der Waals surface area contributed by atoms with Crippen LogP contribution >= 0.6 is 11.3 Å². The van der Waals surface area contributed by atoms with Crippen molar-refractivity contribution < 1.29 is 9.59 Å². The van der Waals surface area contributed by atoms with Crippen molar-refractivity contribution in [3.63, 3.8) is 0 Å². The van der Waals surface area contributed by atoms with Gasteiger partial charge in [-0.15, -0.1) is 11.3 Å². The van der Waals surface area contributed by atoms with Crippen LogP contribution in [-0.2, 0) is 4.79 Å². The van der Waals surface area contributed by atoms with Gasteiger partial charge < -0.3 is 5.32 Å². The van der Waals surface area contributed by atoms with Gasteiger partial charge in [-0.25, -0.2) is 0 Å². The SMILES string of the molecule is Cc1ccc(C(=O)N2c3ccccc3NC3=C(C(=O)CCC3)C2c2cccs2)cc1. The van der Waals surface area contributed by atoms with Gasteiger partial charge in [-0.1, -0.05) is 35.9 Å². The van der Waals surface area contributed by atoms with Crippen molar-refractivity contribution >= 4 is 34.4 Å². The molecular formula is C25H22N2O2S. The molecule has 1 atom stereocenters. The fourth-order valence-corrected chi connectivity index (χ4v) is 5.13. The first-order chi connectivity index (χ1) is 14.6. The summed E-state index contributed by atoms with van der Waals surface area (Å²) >= 11 is 1.58. The maximum Gasteiger partial charge on any atom is 0.259 e. The molecule has 0 bridgehead atoms. The van der Waals surface area contributed by atoms with Crippen LogP contribution in [-0.4, -0.2) is 11.7 Å². The molecule has 1 N–H and O–H groups in total. The van der Waals surface area contributed by atoms with Crippen LogP contribution in [0.5, 0.6) is 0 Å². The van der Waals surface area contributed by atoms with Gasteiger partial charge in [0.15, 0.2) is 5.78 Å². The number of para-hydroxylation sites is 2. The molecule has 0 saturated carbocycles. The summed E-state index contributed by atoms with van der Waals surface area (Å²) in [5.41, 5.74) is 5.04. The molecule has 2 heterocycles. The van der Waals surface area contributed by atoms with E-state index in [1.807, 2.05) is 77.9 Å². The van der Waals surface area contributed by atoms with Gasteiger partial charge in [0.25, 0.3) is 5.91 Å². The number of carbonyl (C=O) groups excluding carboxylic acids is 2. The number of fused-ring (bicyclic) bond motifs is 1. The summed E-state index contributed by atoms with van der Waals surface area (Å²) in [4.78, 5) is 29.8. The van der Waals surface area contributed by atoms with Crippen molar-refractivity contribution in [1.29, 1.82) is 0 Å². The third kappa shape index (κ3) is 3.15. The molecular weight excluding hydrogens is 392 g/mol. The quantitative estimate of drug-likeness (QED) is 0.570. The van der Waals surface area contributed by atoms with Gasteiger partial charge in [0.2, 0.25) is 0 Å². The first-order valence-corrected chi connectivity index (χ1v) is 11.1. The zero-order valence-corrected chi connectivity index (χ0v) is 17.5. The Bertz CT molecular complexity index is 1150. The fraction of sp³-hybridized carbons (Fsp3) is 0.200. The van der Waals surface area contributed by atoms with E-state index in [4.69, 9.17) is 0 Å². The summed E-state index contributed by atoms with van der Waals surface area (Å²) in [7, 11) is 0. The van der Waals surface area contributed by atoms with Crippen LogP contribution in [0.15, 0.2) is 77.3 Å². The minimum absolute atomic E-state index is 0.102. The lowest BCUT2D eigenvalue weighted by molar-refractivity contribution is -0.116. The number of allylic oxidation sites excluding steroid dienone is 1. The predicted molar refractivity (Wildman–Crippen MR) is 121 cm³/mol. The highest BCUT2D eigenvalue weighted by Gasteiger charge is 2.40. The Morgan fingerprint density at radius 1 is 1.03 bits per heavy atom. The number of nitrogens with zero attached hydrogens (tertiary/aromatic N) is 1. The first-order valence-electron chi connectivity index (χ1n) is 10.2. The number of benzene rings is 2. The van der Waals surface area contributed by atoms with Gasteiger partial charge in [0.05, 0.1) is 11.4 Å². The van der Waals surface area contributed by atoms with Crippen LogP contribution < -0.4 is 10.2 Å². The standard InChI is InChI=1S/C25H22N2O2S/c1-16-11-13-17(14-12-16)25(29)27-20-8-3-2-6-18(20)26-19-7-4-9-21(28)23(19)24(27)22-10-5-15-30-22/h2-3,5-6,8,10-15,24,26H,4,7,9H2,1H3. The number of ketones is 1. The van der Waals surface area contributed by atoms with Crippen LogP contribution in [0.1, 0.15) is 46.1 Å². The highest BCUT2D eigenvalue weighted by molar-refractivity contribution is 7.10. The van der Waals surface area contributed by atoms with E-state index < -0.39 is 6.04 Å². The largest absolute Gasteiger partial charge is 0.357 e. The molecule has 0 radical (unpaired) electrons. The molecule has 0 fully saturated rings. The summed E-state index contributed by atoms with van der Waals surface area (Å²) in [5.74, 6) is 0.0198. The molecule has 5 rings (SSSR count).